The number of nitrogens with zero attached hydrogens (tertiary/aromatic N) is 3. The molecule has 0 unspecified atom stereocenters. The fourth-order valence-corrected chi connectivity index (χ4v) is 5.39. The monoisotopic (exact) mass is 478 g/mol. The van der Waals surface area contributed by atoms with Crippen LogP contribution >= 0.6 is 22.9 Å². The van der Waals surface area contributed by atoms with Gasteiger partial charge in [-0.05, 0) is 43.2 Å². The van der Waals surface area contributed by atoms with E-state index >= 15 is 0 Å². The van der Waals surface area contributed by atoms with Gasteiger partial charge in [0, 0.05) is 23.7 Å². The van der Waals surface area contributed by atoms with Crippen LogP contribution in [-0.2, 0) is 10.0 Å². The first-order valence-corrected chi connectivity index (χ1v) is 12.1. The Morgan fingerprint density at radius 1 is 1.13 bits per heavy atom. The van der Waals surface area contributed by atoms with E-state index < -0.39 is 10.0 Å². The van der Waals surface area contributed by atoms with Crippen molar-refractivity contribution >= 4 is 44.0 Å². The Morgan fingerprint density at radius 2 is 1.84 bits per heavy atom. The fraction of sp³-hybridized carbons (Fsp3) is 0.250. The quantitative estimate of drug-likeness (QED) is 0.576. The van der Waals surface area contributed by atoms with Gasteiger partial charge in [-0.3, -0.25) is 9.52 Å². The van der Waals surface area contributed by atoms with E-state index in [0.29, 0.717) is 28.9 Å². The number of hydrogen-bond donors (Lipinski definition) is 1. The molecule has 1 N–H and O–H groups in total. The molecular formula is C20H19ClN4O4S2. The Hall–Kier alpha value is -2.69. The number of carbonyl (C=O) groups excluding carboxylic acids is 1. The molecule has 1 fully saturated rings. The molecule has 0 radical (unpaired) electrons. The molecule has 31 heavy (non-hydrogen) atoms. The Bertz CT molecular complexity index is 1210. The normalized spacial score (nSPS) is 13.9. The number of sulfonamides is 1. The molecule has 1 saturated heterocycles. The predicted molar refractivity (Wildman–Crippen MR) is 119 cm³/mol. The molecule has 0 bridgehead atoms. The Morgan fingerprint density at radius 3 is 2.52 bits per heavy atom. The lowest BCUT2D eigenvalue weighted by atomic mass is 10.1. The van der Waals surface area contributed by atoms with Crippen LogP contribution in [0.2, 0.25) is 5.02 Å². The number of amides is 1. The van der Waals surface area contributed by atoms with Gasteiger partial charge in [0.1, 0.15) is 10.8 Å². The van der Waals surface area contributed by atoms with Crippen molar-refractivity contribution in [3.63, 3.8) is 0 Å². The highest BCUT2D eigenvalue weighted by molar-refractivity contribution is 7.93. The molecule has 0 aliphatic carbocycles. The lowest BCUT2D eigenvalue weighted by Crippen LogP contribution is -2.28. The summed E-state index contributed by atoms with van der Waals surface area (Å²) in [6.07, 6.45) is 1.86. The Balaban J connectivity index is 1.59. The third-order valence-corrected chi connectivity index (χ3v) is 7.45. The highest BCUT2D eigenvalue weighted by Gasteiger charge is 2.26. The second kappa shape index (κ2) is 8.81. The summed E-state index contributed by atoms with van der Waals surface area (Å²) < 4.78 is 33.6. The largest absolute Gasteiger partial charge is 0.496 e. The number of benzene rings is 2. The average molecular weight is 479 g/mol. The van der Waals surface area contributed by atoms with Crippen LogP contribution in [0.5, 0.6) is 5.75 Å². The Labute approximate surface area is 188 Å². The number of hydrogen-bond acceptors (Lipinski definition) is 7. The van der Waals surface area contributed by atoms with Gasteiger partial charge >= 0.3 is 0 Å². The van der Waals surface area contributed by atoms with Gasteiger partial charge in [-0.25, -0.2) is 8.42 Å². The van der Waals surface area contributed by atoms with Gasteiger partial charge in [-0.2, -0.15) is 0 Å². The minimum atomic E-state index is -3.98. The molecule has 8 nitrogen and oxygen atoms in total. The minimum Gasteiger partial charge on any atom is -0.496 e. The summed E-state index contributed by atoms with van der Waals surface area (Å²) in [5.41, 5.74) is 0.988. The van der Waals surface area contributed by atoms with E-state index in [9.17, 15) is 13.2 Å². The highest BCUT2D eigenvalue weighted by atomic mass is 35.5. The van der Waals surface area contributed by atoms with Gasteiger partial charge in [-0.15, -0.1) is 10.2 Å². The van der Waals surface area contributed by atoms with Crippen molar-refractivity contribution in [2.24, 2.45) is 0 Å². The maximum absolute atomic E-state index is 12.9. The van der Waals surface area contributed by atoms with Crippen molar-refractivity contribution < 1.29 is 17.9 Å². The summed E-state index contributed by atoms with van der Waals surface area (Å²) in [7, 11) is -2.54. The van der Waals surface area contributed by atoms with Crippen molar-refractivity contribution in [3.05, 3.63) is 53.1 Å². The number of anilines is 1. The Kier molecular flexibility index (Phi) is 6.12. The lowest BCUT2D eigenvalue weighted by Gasteiger charge is -2.18. The smallest absolute Gasteiger partial charge is 0.263 e. The van der Waals surface area contributed by atoms with Crippen molar-refractivity contribution in [1.82, 2.24) is 15.1 Å². The number of nitrogens with one attached hydrogen (secondary N) is 1. The molecule has 1 aliphatic rings. The van der Waals surface area contributed by atoms with Crippen molar-refractivity contribution in [1.29, 1.82) is 0 Å². The summed E-state index contributed by atoms with van der Waals surface area (Å²) in [5.74, 6) is 0.0872. The van der Waals surface area contributed by atoms with E-state index in [1.54, 1.807) is 29.2 Å². The van der Waals surface area contributed by atoms with Gasteiger partial charge < -0.3 is 9.64 Å². The second-order valence-electron chi connectivity index (χ2n) is 6.89. The van der Waals surface area contributed by atoms with Crippen LogP contribution in [0, 0.1) is 0 Å². The summed E-state index contributed by atoms with van der Waals surface area (Å²) in [6, 6.07) is 11.2. The van der Waals surface area contributed by atoms with E-state index in [1.807, 2.05) is 0 Å². The SMILES string of the molecule is COc1ccc(S(=O)(=O)Nc2nnc(-c3ccc(Cl)cc3)s2)cc1C(=O)N1CCCC1. The lowest BCUT2D eigenvalue weighted by molar-refractivity contribution is 0.0789. The van der Waals surface area contributed by atoms with Crippen LogP contribution < -0.4 is 9.46 Å². The van der Waals surface area contributed by atoms with Crippen LogP contribution in [-0.4, -0.2) is 49.6 Å². The van der Waals surface area contributed by atoms with Gasteiger partial charge in [0.25, 0.3) is 15.9 Å². The van der Waals surface area contributed by atoms with Gasteiger partial charge in [0.15, 0.2) is 0 Å². The van der Waals surface area contributed by atoms with E-state index in [0.717, 1.165) is 29.7 Å². The molecule has 3 aromatic rings. The molecular weight excluding hydrogens is 460 g/mol. The number of halogens is 1. The van der Waals surface area contributed by atoms with E-state index in [4.69, 9.17) is 16.3 Å². The predicted octanol–water partition coefficient (Wildman–Crippen LogP) is 3.90. The van der Waals surface area contributed by atoms with Crippen LogP contribution in [0.1, 0.15) is 23.2 Å². The first kappa shape index (κ1) is 21.5. The molecule has 0 atom stereocenters. The molecule has 162 valence electrons. The van der Waals surface area contributed by atoms with Crippen LogP contribution in [0.3, 0.4) is 0 Å². The van der Waals surface area contributed by atoms with Crippen LogP contribution in [0.15, 0.2) is 47.4 Å². The van der Waals surface area contributed by atoms with Crippen LogP contribution in [0.25, 0.3) is 10.6 Å². The molecule has 2 aromatic carbocycles. The third kappa shape index (κ3) is 4.65. The second-order valence-corrected chi connectivity index (χ2v) is 9.98. The van der Waals surface area contributed by atoms with Crippen molar-refractivity contribution in [2.45, 2.75) is 17.7 Å². The van der Waals surface area contributed by atoms with E-state index in [-0.39, 0.29) is 21.5 Å². The van der Waals surface area contributed by atoms with E-state index in [2.05, 4.69) is 14.9 Å². The zero-order valence-electron chi connectivity index (χ0n) is 16.5. The first-order valence-electron chi connectivity index (χ1n) is 9.47. The zero-order chi connectivity index (χ0) is 22.0. The van der Waals surface area contributed by atoms with Gasteiger partial charge in [0.2, 0.25) is 5.13 Å². The number of carbonyl (C=O) groups is 1. The van der Waals surface area contributed by atoms with E-state index in [1.165, 1.54) is 25.3 Å². The summed E-state index contributed by atoms with van der Waals surface area (Å²) in [6.45, 7) is 1.30. The number of likely N-dealkylation sites (tertiary alicyclic amines) is 1. The summed E-state index contributed by atoms with van der Waals surface area (Å²) in [5, 5.41) is 9.22. The van der Waals surface area contributed by atoms with Crippen LogP contribution in [0.4, 0.5) is 5.13 Å². The standard InChI is InChI=1S/C20H19ClN4O4S2/c1-29-17-9-8-15(12-16(17)19(26)25-10-2-3-11-25)31(27,28)24-20-23-22-18(30-20)13-4-6-14(21)7-5-13/h4-9,12H,2-3,10-11H2,1H3,(H,23,24). The third-order valence-electron chi connectivity index (χ3n) is 4.84. The molecule has 1 aromatic heterocycles. The minimum absolute atomic E-state index is 0.0564. The number of aromatic nitrogens is 2. The maximum Gasteiger partial charge on any atom is 0.263 e. The highest BCUT2D eigenvalue weighted by Crippen LogP contribution is 2.30. The number of ether oxygens (including phenoxy) is 1. The molecule has 2 heterocycles. The number of rotatable bonds is 6. The molecule has 1 aliphatic heterocycles. The first-order chi connectivity index (χ1) is 14.9. The van der Waals surface area contributed by atoms with Gasteiger partial charge in [0.05, 0.1) is 17.6 Å². The topological polar surface area (TPSA) is 101 Å². The molecule has 4 rings (SSSR count). The number of methoxy groups -OCH3 is 1. The van der Waals surface area contributed by atoms with Gasteiger partial charge in [-0.1, -0.05) is 35.1 Å². The average Bonchev–Trinajstić information content (AvgIpc) is 3.45. The molecule has 0 spiro atoms. The molecule has 1 amide bonds. The van der Waals surface area contributed by atoms with Crippen molar-refractivity contribution in [2.75, 3.05) is 24.9 Å². The maximum atomic E-state index is 12.9. The molecule has 0 saturated carbocycles. The fourth-order valence-electron chi connectivity index (χ4n) is 3.26. The zero-order valence-corrected chi connectivity index (χ0v) is 18.9. The summed E-state index contributed by atoms with van der Waals surface area (Å²) >= 11 is 6.99. The van der Waals surface area contributed by atoms with Crippen molar-refractivity contribution in [3.8, 4) is 16.3 Å². The summed E-state index contributed by atoms with van der Waals surface area (Å²) in [4.78, 5) is 14.5. The molecule has 11 heteroatoms.